The van der Waals surface area contributed by atoms with Gasteiger partial charge in [0.25, 0.3) is 0 Å². The van der Waals surface area contributed by atoms with E-state index in [4.69, 9.17) is 9.90 Å². The Bertz CT molecular complexity index is 1520. The van der Waals surface area contributed by atoms with Gasteiger partial charge < -0.3 is 26.4 Å². The van der Waals surface area contributed by atoms with Crippen molar-refractivity contribution >= 4 is 53.0 Å². The van der Waals surface area contributed by atoms with Gasteiger partial charge in [-0.1, -0.05) is 24.3 Å². The molecule has 2 aliphatic heterocycles. The molecule has 13 heteroatoms. The van der Waals surface area contributed by atoms with Gasteiger partial charge in [0.2, 0.25) is 11.8 Å². The molecule has 0 unspecified atom stereocenters. The highest BCUT2D eigenvalue weighted by Crippen LogP contribution is 2.15. The summed E-state index contributed by atoms with van der Waals surface area (Å²) in [7, 11) is 0. The summed E-state index contributed by atoms with van der Waals surface area (Å²) in [5, 5.41) is 19.3. The first kappa shape index (κ1) is 32.2. The normalized spacial score (nSPS) is 14.1. The van der Waals surface area contributed by atoms with Crippen LogP contribution in [-0.2, 0) is 14.4 Å². The number of aliphatic carboxylic acids is 1. The smallest absolute Gasteiger partial charge is 0.475 e. The fraction of sp³-hybridized carbons (Fsp3) is 0.156. The molecule has 0 radical (unpaired) electrons. The fourth-order valence-electron chi connectivity index (χ4n) is 4.04. The molecule has 45 heavy (non-hydrogen) atoms. The van der Waals surface area contributed by atoms with Crippen molar-refractivity contribution in [3.05, 3.63) is 107 Å². The second-order valence-electron chi connectivity index (χ2n) is 9.58. The molecule has 0 aromatic heterocycles. The molecule has 0 saturated carbocycles. The van der Waals surface area contributed by atoms with Crippen molar-refractivity contribution in [3.63, 3.8) is 0 Å². The largest absolute Gasteiger partial charge is 0.490 e. The average molecular weight is 619 g/mol. The van der Waals surface area contributed by atoms with Crippen molar-refractivity contribution in [2.24, 2.45) is 9.98 Å². The molecule has 5 N–H and O–H groups in total. The van der Waals surface area contributed by atoms with E-state index in [-0.39, 0.29) is 11.8 Å². The molecule has 0 spiro atoms. The van der Waals surface area contributed by atoms with Gasteiger partial charge in [0.1, 0.15) is 11.7 Å². The quantitative estimate of drug-likeness (QED) is 0.238. The first-order valence-electron chi connectivity index (χ1n) is 13.7. The number of nitrogens with zero attached hydrogens (tertiary/aromatic N) is 2. The lowest BCUT2D eigenvalue weighted by Crippen LogP contribution is -2.21. The van der Waals surface area contributed by atoms with Crippen molar-refractivity contribution in [2.45, 2.75) is 6.18 Å². The number of carbonyl (C=O) groups excluding carboxylic acids is 2. The van der Waals surface area contributed by atoms with E-state index in [2.05, 4.69) is 31.3 Å². The van der Waals surface area contributed by atoms with Gasteiger partial charge in [-0.05, 0) is 71.8 Å². The number of alkyl halides is 3. The Kier molecular flexibility index (Phi) is 10.8. The standard InChI is InChI=1S/C30H28N6O2.C2HF3O2/c37-27(35-25-11-7-23(8-12-25)29-31-17-18-32-29)15-5-21-1-2-22(4-3-21)6-16-28(38)36-26-13-9-24(10-14-26)30-33-19-20-34-30;3-2(4,5)1(6)7/h1-16H,17-20H2,(H,31,32)(H,33,34)(H,35,37)(H,36,38);(H,6,7)/b15-5+,16-6+;. The molecule has 3 aromatic rings. The topological polar surface area (TPSA) is 144 Å². The number of amides is 2. The Morgan fingerprint density at radius 2 is 1.02 bits per heavy atom. The van der Waals surface area contributed by atoms with Crippen LogP contribution in [0.3, 0.4) is 0 Å². The number of hydrogen-bond donors (Lipinski definition) is 5. The van der Waals surface area contributed by atoms with Crippen LogP contribution in [0.4, 0.5) is 24.5 Å². The summed E-state index contributed by atoms with van der Waals surface area (Å²) in [5.41, 5.74) is 5.20. The van der Waals surface area contributed by atoms with Crippen molar-refractivity contribution in [3.8, 4) is 0 Å². The maximum absolute atomic E-state index is 12.3. The van der Waals surface area contributed by atoms with Crippen LogP contribution in [0.2, 0.25) is 0 Å². The Morgan fingerprint density at radius 1 is 0.667 bits per heavy atom. The molecule has 2 aliphatic rings. The van der Waals surface area contributed by atoms with Gasteiger partial charge in [-0.2, -0.15) is 13.2 Å². The summed E-state index contributed by atoms with van der Waals surface area (Å²) in [5.74, 6) is -1.40. The molecule has 3 aromatic carbocycles. The van der Waals surface area contributed by atoms with E-state index in [0.29, 0.717) is 0 Å². The summed E-state index contributed by atoms with van der Waals surface area (Å²) < 4.78 is 31.7. The van der Waals surface area contributed by atoms with Gasteiger partial charge >= 0.3 is 12.1 Å². The van der Waals surface area contributed by atoms with Gasteiger partial charge in [-0.3, -0.25) is 19.6 Å². The number of carboxylic acids is 1. The third kappa shape index (κ3) is 10.2. The van der Waals surface area contributed by atoms with Crippen LogP contribution in [0.5, 0.6) is 0 Å². The number of rotatable bonds is 8. The number of hydrogen-bond acceptors (Lipinski definition) is 7. The lowest BCUT2D eigenvalue weighted by atomic mass is 10.1. The zero-order valence-corrected chi connectivity index (χ0v) is 23.8. The van der Waals surface area contributed by atoms with Gasteiger partial charge in [0.15, 0.2) is 0 Å². The monoisotopic (exact) mass is 618 g/mol. The second-order valence-corrected chi connectivity index (χ2v) is 9.58. The minimum Gasteiger partial charge on any atom is -0.475 e. The molecule has 2 amide bonds. The van der Waals surface area contributed by atoms with Crippen LogP contribution in [0, 0.1) is 0 Å². The number of carboxylic acid groups (broad SMARTS) is 1. The third-order valence-corrected chi connectivity index (χ3v) is 6.23. The van der Waals surface area contributed by atoms with E-state index < -0.39 is 12.1 Å². The number of anilines is 2. The molecule has 5 rings (SSSR count). The van der Waals surface area contributed by atoms with Crippen molar-refractivity contribution in [1.82, 2.24) is 10.6 Å². The van der Waals surface area contributed by atoms with Crippen LogP contribution < -0.4 is 21.3 Å². The first-order valence-corrected chi connectivity index (χ1v) is 13.7. The first-order chi connectivity index (χ1) is 21.6. The van der Waals surface area contributed by atoms with Crippen LogP contribution in [0.25, 0.3) is 12.2 Å². The van der Waals surface area contributed by atoms with Crippen molar-refractivity contribution in [2.75, 3.05) is 36.8 Å². The van der Waals surface area contributed by atoms with E-state index in [1.165, 1.54) is 12.2 Å². The average Bonchev–Trinajstić information content (AvgIpc) is 3.76. The predicted molar refractivity (Wildman–Crippen MR) is 167 cm³/mol. The highest BCUT2D eigenvalue weighted by atomic mass is 19.4. The Morgan fingerprint density at radius 3 is 1.31 bits per heavy atom. The fourth-order valence-corrected chi connectivity index (χ4v) is 4.04. The number of nitrogens with one attached hydrogen (secondary N) is 4. The minimum atomic E-state index is -5.08. The SMILES string of the molecule is O=C(/C=C/c1ccc(/C=C/C(=O)Nc2ccc(C3=NCCN3)cc2)cc1)Nc1ccc(C2=NCCN2)cc1.O=C(O)C(F)(F)F. The maximum atomic E-state index is 12.3. The molecule has 0 aliphatic carbocycles. The Balaban J connectivity index is 0.000000591. The number of carbonyl (C=O) groups is 3. The van der Waals surface area contributed by atoms with Crippen molar-refractivity contribution in [1.29, 1.82) is 0 Å². The molecule has 2 heterocycles. The summed E-state index contributed by atoms with van der Waals surface area (Å²) in [6, 6.07) is 22.7. The molecule has 232 valence electrons. The number of halogens is 3. The Hall–Kier alpha value is -5.72. The lowest BCUT2D eigenvalue weighted by molar-refractivity contribution is -0.192. The van der Waals surface area contributed by atoms with Crippen LogP contribution in [-0.4, -0.2) is 66.9 Å². The maximum Gasteiger partial charge on any atom is 0.490 e. The predicted octanol–water partition coefficient (Wildman–Crippen LogP) is 4.32. The van der Waals surface area contributed by atoms with Crippen LogP contribution in [0.1, 0.15) is 22.3 Å². The van der Waals surface area contributed by atoms with E-state index >= 15 is 0 Å². The molecular weight excluding hydrogens is 589 g/mol. The van der Waals surface area contributed by atoms with E-state index in [1.54, 1.807) is 12.2 Å². The van der Waals surface area contributed by atoms with Gasteiger partial charge in [0, 0.05) is 47.7 Å². The highest BCUT2D eigenvalue weighted by Gasteiger charge is 2.38. The minimum absolute atomic E-state index is 0.213. The molecule has 0 bridgehead atoms. The van der Waals surface area contributed by atoms with Crippen molar-refractivity contribution < 1.29 is 32.7 Å². The van der Waals surface area contributed by atoms with Crippen LogP contribution >= 0.6 is 0 Å². The third-order valence-electron chi connectivity index (χ3n) is 6.23. The van der Waals surface area contributed by atoms with E-state index in [9.17, 15) is 22.8 Å². The zero-order valence-electron chi connectivity index (χ0n) is 23.8. The molecule has 0 saturated heterocycles. The molecule has 0 atom stereocenters. The molecular formula is C32H29F3N6O4. The summed E-state index contributed by atoms with van der Waals surface area (Å²) in [4.78, 5) is 42.3. The number of aliphatic imine (C=N–C) groups is 2. The van der Waals surface area contributed by atoms with E-state index in [1.807, 2.05) is 72.8 Å². The Labute approximate surface area is 256 Å². The highest BCUT2D eigenvalue weighted by molar-refractivity contribution is 6.04. The zero-order chi connectivity index (χ0) is 32.2. The van der Waals surface area contributed by atoms with Gasteiger partial charge in [0.05, 0.1) is 13.1 Å². The van der Waals surface area contributed by atoms with Gasteiger partial charge in [-0.15, -0.1) is 0 Å². The van der Waals surface area contributed by atoms with Crippen LogP contribution in [0.15, 0.2) is 94.9 Å². The summed E-state index contributed by atoms with van der Waals surface area (Å²) in [6.45, 7) is 3.29. The molecule has 0 fully saturated rings. The number of amidine groups is 2. The second kappa shape index (κ2) is 15.1. The summed E-state index contributed by atoms with van der Waals surface area (Å²) in [6.07, 6.45) is 1.40. The number of benzene rings is 3. The van der Waals surface area contributed by atoms with Gasteiger partial charge in [-0.25, -0.2) is 4.79 Å². The lowest BCUT2D eigenvalue weighted by Gasteiger charge is -2.05. The summed E-state index contributed by atoms with van der Waals surface area (Å²) >= 11 is 0. The van der Waals surface area contributed by atoms with E-state index in [0.717, 1.165) is 71.5 Å². The molecule has 10 nitrogen and oxygen atoms in total.